The van der Waals surface area contributed by atoms with Crippen molar-refractivity contribution in [3.05, 3.63) is 46.4 Å². The van der Waals surface area contributed by atoms with Gasteiger partial charge in [0, 0.05) is 24.7 Å². The smallest absolute Gasteiger partial charge is 0.229 e. The van der Waals surface area contributed by atoms with Crippen LogP contribution >= 0.6 is 23.2 Å². The maximum atomic E-state index is 12.6. The minimum Gasteiger partial charge on any atom is -0.493 e. The number of anilines is 2. The summed E-state index contributed by atoms with van der Waals surface area (Å²) >= 11 is 12.1. The second kappa shape index (κ2) is 8.06. The molecule has 0 aromatic heterocycles. The lowest BCUT2D eigenvalue weighted by Crippen LogP contribution is -2.28. The number of nitrogens with zero attached hydrogens (tertiary/aromatic N) is 1. The molecule has 1 saturated heterocycles. The molecule has 2 aromatic carbocycles. The third-order valence-electron chi connectivity index (χ3n) is 4.38. The fourth-order valence-electron chi connectivity index (χ4n) is 2.96. The molecule has 0 aliphatic carbocycles. The summed E-state index contributed by atoms with van der Waals surface area (Å²) in [6, 6.07) is 10.2. The number of hydrogen-bond acceptors (Lipinski definition) is 4. The Kier molecular flexibility index (Phi) is 5.77. The minimum absolute atomic E-state index is 0.109. The van der Waals surface area contributed by atoms with Crippen LogP contribution in [0.3, 0.4) is 0 Å². The molecule has 1 aliphatic heterocycles. The predicted molar refractivity (Wildman–Crippen MR) is 105 cm³/mol. The summed E-state index contributed by atoms with van der Waals surface area (Å²) in [4.78, 5) is 26.6. The molecule has 0 saturated carbocycles. The summed E-state index contributed by atoms with van der Waals surface area (Å²) in [6.45, 7) is 0.262. The lowest BCUT2D eigenvalue weighted by Gasteiger charge is -2.18. The summed E-state index contributed by atoms with van der Waals surface area (Å²) in [7, 11) is 3.07. The molecule has 2 amide bonds. The largest absolute Gasteiger partial charge is 0.493 e. The van der Waals surface area contributed by atoms with Gasteiger partial charge in [-0.25, -0.2) is 0 Å². The Hall–Kier alpha value is -2.44. The van der Waals surface area contributed by atoms with Crippen LogP contribution in [0.25, 0.3) is 0 Å². The van der Waals surface area contributed by atoms with E-state index in [0.717, 1.165) is 0 Å². The molecule has 1 aliphatic rings. The third-order valence-corrected chi connectivity index (χ3v) is 5.20. The average molecular weight is 409 g/mol. The van der Waals surface area contributed by atoms with Gasteiger partial charge < -0.3 is 19.7 Å². The number of carbonyl (C=O) groups is 2. The van der Waals surface area contributed by atoms with E-state index in [1.807, 2.05) is 0 Å². The van der Waals surface area contributed by atoms with E-state index in [1.165, 1.54) is 7.11 Å². The zero-order valence-electron chi connectivity index (χ0n) is 14.8. The van der Waals surface area contributed by atoms with Crippen LogP contribution in [0.15, 0.2) is 36.4 Å². The summed E-state index contributed by atoms with van der Waals surface area (Å²) < 4.78 is 10.5. The first-order valence-electron chi connectivity index (χ1n) is 8.22. The summed E-state index contributed by atoms with van der Waals surface area (Å²) in [5, 5.41) is 3.37. The molecule has 1 fully saturated rings. The number of benzene rings is 2. The second-order valence-electron chi connectivity index (χ2n) is 6.04. The number of carbonyl (C=O) groups excluding carboxylic acids is 2. The molecule has 0 spiro atoms. The van der Waals surface area contributed by atoms with Crippen LogP contribution in [0.4, 0.5) is 11.4 Å². The van der Waals surface area contributed by atoms with Crippen molar-refractivity contribution in [3.63, 3.8) is 0 Å². The van der Waals surface area contributed by atoms with Crippen LogP contribution in [0.2, 0.25) is 10.0 Å². The Morgan fingerprint density at radius 2 is 1.89 bits per heavy atom. The lowest BCUT2D eigenvalue weighted by atomic mass is 10.1. The maximum absolute atomic E-state index is 12.6. The van der Waals surface area contributed by atoms with E-state index < -0.39 is 5.92 Å². The molecule has 2 aromatic rings. The highest BCUT2D eigenvalue weighted by atomic mass is 35.5. The standard InChI is InChI=1S/C19H18Cl2N2O4/c1-26-15-7-6-12(9-16(15)27-2)23-10-11(8-17(23)24)19(25)22-14-5-3-4-13(20)18(14)21/h3-7,9,11H,8,10H2,1-2H3,(H,22,25). The SMILES string of the molecule is COc1ccc(N2CC(C(=O)Nc3cccc(Cl)c3Cl)CC2=O)cc1OC. The number of hydrogen-bond donors (Lipinski definition) is 1. The fourth-order valence-corrected chi connectivity index (χ4v) is 3.31. The quantitative estimate of drug-likeness (QED) is 0.811. The predicted octanol–water partition coefficient (Wildman–Crippen LogP) is 4.00. The molecule has 1 unspecified atom stereocenters. The Morgan fingerprint density at radius 3 is 2.59 bits per heavy atom. The van der Waals surface area contributed by atoms with Gasteiger partial charge >= 0.3 is 0 Å². The van der Waals surface area contributed by atoms with Crippen molar-refractivity contribution in [3.8, 4) is 11.5 Å². The highest BCUT2D eigenvalue weighted by Crippen LogP contribution is 2.35. The number of amides is 2. The Bertz CT molecular complexity index is 888. The molecular weight excluding hydrogens is 391 g/mol. The molecule has 1 atom stereocenters. The van der Waals surface area contributed by atoms with Crippen molar-refractivity contribution in [1.82, 2.24) is 0 Å². The number of nitrogens with one attached hydrogen (secondary N) is 1. The molecule has 142 valence electrons. The zero-order valence-corrected chi connectivity index (χ0v) is 16.3. The molecule has 8 heteroatoms. The molecular formula is C19H18Cl2N2O4. The van der Waals surface area contributed by atoms with Crippen LogP contribution in [-0.4, -0.2) is 32.6 Å². The van der Waals surface area contributed by atoms with Gasteiger partial charge in [0.15, 0.2) is 11.5 Å². The molecule has 27 heavy (non-hydrogen) atoms. The van der Waals surface area contributed by atoms with E-state index in [1.54, 1.807) is 48.4 Å². The van der Waals surface area contributed by atoms with Gasteiger partial charge in [0.05, 0.1) is 35.9 Å². The van der Waals surface area contributed by atoms with Gasteiger partial charge in [-0.05, 0) is 24.3 Å². The third kappa shape index (κ3) is 3.96. The van der Waals surface area contributed by atoms with Crippen molar-refractivity contribution in [1.29, 1.82) is 0 Å². The highest BCUT2D eigenvalue weighted by Gasteiger charge is 2.35. The van der Waals surface area contributed by atoms with Gasteiger partial charge in [0.2, 0.25) is 11.8 Å². The van der Waals surface area contributed by atoms with E-state index >= 15 is 0 Å². The summed E-state index contributed by atoms with van der Waals surface area (Å²) in [6.07, 6.45) is 0.109. The number of halogens is 2. The first kappa shape index (κ1) is 19.3. The number of ether oxygens (including phenoxy) is 2. The first-order valence-corrected chi connectivity index (χ1v) is 8.97. The second-order valence-corrected chi connectivity index (χ2v) is 6.82. The Labute approximate surface area is 167 Å². The maximum Gasteiger partial charge on any atom is 0.229 e. The first-order chi connectivity index (χ1) is 12.9. The van der Waals surface area contributed by atoms with Crippen molar-refractivity contribution >= 4 is 46.4 Å². The number of rotatable bonds is 5. The van der Waals surface area contributed by atoms with Crippen molar-refractivity contribution in [2.75, 3.05) is 31.0 Å². The Morgan fingerprint density at radius 1 is 1.15 bits per heavy atom. The van der Waals surface area contributed by atoms with E-state index in [-0.39, 0.29) is 29.8 Å². The van der Waals surface area contributed by atoms with E-state index in [4.69, 9.17) is 32.7 Å². The van der Waals surface area contributed by atoms with Crippen molar-refractivity contribution in [2.45, 2.75) is 6.42 Å². The van der Waals surface area contributed by atoms with Crippen LogP contribution in [0, 0.1) is 5.92 Å². The van der Waals surface area contributed by atoms with E-state index in [2.05, 4.69) is 5.32 Å². The molecule has 0 bridgehead atoms. The highest BCUT2D eigenvalue weighted by molar-refractivity contribution is 6.44. The van der Waals surface area contributed by atoms with E-state index in [9.17, 15) is 9.59 Å². The monoisotopic (exact) mass is 408 g/mol. The minimum atomic E-state index is -0.499. The van der Waals surface area contributed by atoms with Crippen molar-refractivity contribution in [2.24, 2.45) is 5.92 Å². The average Bonchev–Trinajstić information content (AvgIpc) is 3.06. The molecule has 6 nitrogen and oxygen atoms in total. The van der Waals surface area contributed by atoms with Gasteiger partial charge in [0.1, 0.15) is 0 Å². The van der Waals surface area contributed by atoms with Gasteiger partial charge in [-0.3, -0.25) is 9.59 Å². The summed E-state index contributed by atoms with van der Waals surface area (Å²) in [5.74, 6) is 0.162. The van der Waals surface area contributed by atoms with Crippen molar-refractivity contribution < 1.29 is 19.1 Å². The Balaban J connectivity index is 1.75. The van der Waals surface area contributed by atoms with Crippen LogP contribution in [0.5, 0.6) is 11.5 Å². The molecule has 1 N–H and O–H groups in total. The van der Waals surface area contributed by atoms with Crippen LogP contribution in [0.1, 0.15) is 6.42 Å². The fraction of sp³-hybridized carbons (Fsp3) is 0.263. The molecule has 3 rings (SSSR count). The number of methoxy groups -OCH3 is 2. The summed E-state index contributed by atoms with van der Waals surface area (Å²) in [5.41, 5.74) is 1.07. The van der Waals surface area contributed by atoms with Crippen LogP contribution < -0.4 is 19.7 Å². The normalized spacial score (nSPS) is 16.4. The van der Waals surface area contributed by atoms with Gasteiger partial charge in [-0.2, -0.15) is 0 Å². The molecule has 1 heterocycles. The molecule has 0 radical (unpaired) electrons. The van der Waals surface area contributed by atoms with Gasteiger partial charge in [-0.1, -0.05) is 29.3 Å². The van der Waals surface area contributed by atoms with Crippen LogP contribution in [-0.2, 0) is 9.59 Å². The van der Waals surface area contributed by atoms with Gasteiger partial charge in [-0.15, -0.1) is 0 Å². The van der Waals surface area contributed by atoms with E-state index in [0.29, 0.717) is 27.9 Å². The lowest BCUT2D eigenvalue weighted by molar-refractivity contribution is -0.122. The van der Waals surface area contributed by atoms with Gasteiger partial charge in [0.25, 0.3) is 0 Å². The zero-order chi connectivity index (χ0) is 19.6. The topological polar surface area (TPSA) is 67.9 Å².